The van der Waals surface area contributed by atoms with Crippen LogP contribution in [0.4, 0.5) is 5.82 Å². The highest BCUT2D eigenvalue weighted by atomic mass is 16.5. The van der Waals surface area contributed by atoms with E-state index in [1.807, 2.05) is 18.2 Å². The summed E-state index contributed by atoms with van der Waals surface area (Å²) < 4.78 is 7.04. The molecule has 2 N–H and O–H groups in total. The van der Waals surface area contributed by atoms with E-state index in [2.05, 4.69) is 20.4 Å². The lowest BCUT2D eigenvalue weighted by Gasteiger charge is -2.15. The molecule has 1 unspecified atom stereocenters. The number of H-pyrrole nitrogens is 1. The zero-order chi connectivity index (χ0) is 19.6. The van der Waals surface area contributed by atoms with E-state index in [4.69, 9.17) is 4.74 Å². The van der Waals surface area contributed by atoms with E-state index in [0.29, 0.717) is 28.5 Å². The Hall–Kier alpha value is -3.42. The van der Waals surface area contributed by atoms with Gasteiger partial charge < -0.3 is 10.1 Å². The van der Waals surface area contributed by atoms with Gasteiger partial charge in [0.05, 0.1) is 5.69 Å². The molecule has 3 rings (SSSR count). The number of aromatic nitrogens is 4. The van der Waals surface area contributed by atoms with Gasteiger partial charge in [0.25, 0.3) is 11.5 Å². The number of carbonyl (C=O) groups excluding carboxylic acids is 1. The SMILES string of the molecule is Cc1cc(NC(=O)C(C)Oc2ccccc2)n(-c2nc(C)c(C)c(=O)[nH]2)n1. The Morgan fingerprint density at radius 1 is 1.22 bits per heavy atom. The fourth-order valence-corrected chi connectivity index (χ4v) is 2.47. The molecule has 8 nitrogen and oxygen atoms in total. The first kappa shape index (κ1) is 18.4. The van der Waals surface area contributed by atoms with Crippen LogP contribution in [0.2, 0.25) is 0 Å². The number of nitrogens with one attached hydrogen (secondary N) is 2. The molecule has 0 radical (unpaired) electrons. The molecule has 0 spiro atoms. The smallest absolute Gasteiger partial charge is 0.266 e. The molecule has 1 aromatic carbocycles. The Labute approximate surface area is 156 Å². The van der Waals surface area contributed by atoms with Gasteiger partial charge in [0, 0.05) is 17.3 Å². The van der Waals surface area contributed by atoms with Crippen LogP contribution in [0.15, 0.2) is 41.2 Å². The molecule has 0 saturated carbocycles. The summed E-state index contributed by atoms with van der Waals surface area (Å²) in [5.74, 6) is 0.895. The van der Waals surface area contributed by atoms with Crippen molar-refractivity contribution in [2.45, 2.75) is 33.8 Å². The van der Waals surface area contributed by atoms with Crippen molar-refractivity contribution in [2.24, 2.45) is 0 Å². The lowest BCUT2D eigenvalue weighted by molar-refractivity contribution is -0.122. The van der Waals surface area contributed by atoms with E-state index in [-0.39, 0.29) is 17.4 Å². The van der Waals surface area contributed by atoms with Gasteiger partial charge in [-0.05, 0) is 39.8 Å². The summed E-state index contributed by atoms with van der Waals surface area (Å²) in [6, 6.07) is 10.8. The molecule has 0 fully saturated rings. The van der Waals surface area contributed by atoms with Crippen molar-refractivity contribution in [1.29, 1.82) is 0 Å². The van der Waals surface area contributed by atoms with Crippen LogP contribution in [0.5, 0.6) is 5.75 Å². The predicted molar refractivity (Wildman–Crippen MR) is 101 cm³/mol. The van der Waals surface area contributed by atoms with E-state index in [9.17, 15) is 9.59 Å². The van der Waals surface area contributed by atoms with Gasteiger partial charge in [-0.3, -0.25) is 14.6 Å². The van der Waals surface area contributed by atoms with Gasteiger partial charge in [0.15, 0.2) is 6.10 Å². The molecule has 0 bridgehead atoms. The fraction of sp³-hybridized carbons (Fsp3) is 0.263. The number of anilines is 1. The maximum absolute atomic E-state index is 12.5. The second-order valence-electron chi connectivity index (χ2n) is 6.25. The summed E-state index contributed by atoms with van der Waals surface area (Å²) in [6.45, 7) is 6.89. The average Bonchev–Trinajstić information content (AvgIpc) is 3.00. The minimum atomic E-state index is -0.720. The molecule has 27 heavy (non-hydrogen) atoms. The van der Waals surface area contributed by atoms with Crippen LogP contribution >= 0.6 is 0 Å². The van der Waals surface area contributed by atoms with Gasteiger partial charge in [-0.1, -0.05) is 18.2 Å². The fourth-order valence-electron chi connectivity index (χ4n) is 2.47. The zero-order valence-corrected chi connectivity index (χ0v) is 15.6. The number of amides is 1. The largest absolute Gasteiger partial charge is 0.481 e. The summed E-state index contributed by atoms with van der Waals surface area (Å²) in [5, 5.41) is 7.10. The van der Waals surface area contributed by atoms with E-state index in [1.165, 1.54) is 4.68 Å². The Morgan fingerprint density at radius 2 is 1.93 bits per heavy atom. The van der Waals surface area contributed by atoms with Crippen LogP contribution in [0, 0.1) is 20.8 Å². The predicted octanol–water partition coefficient (Wildman–Crippen LogP) is 2.29. The molecular formula is C19H21N5O3. The van der Waals surface area contributed by atoms with Gasteiger partial charge >= 0.3 is 0 Å². The lowest BCUT2D eigenvalue weighted by atomic mass is 10.3. The molecule has 2 aromatic heterocycles. The number of nitrogens with zero attached hydrogens (tertiary/aromatic N) is 3. The third-order valence-corrected chi connectivity index (χ3v) is 4.09. The van der Waals surface area contributed by atoms with E-state index in [0.717, 1.165) is 0 Å². The van der Waals surface area contributed by atoms with Crippen LogP contribution in [-0.2, 0) is 4.79 Å². The summed E-state index contributed by atoms with van der Waals surface area (Å²) >= 11 is 0. The minimum Gasteiger partial charge on any atom is -0.481 e. The third-order valence-electron chi connectivity index (χ3n) is 4.09. The molecule has 1 atom stereocenters. The van der Waals surface area contributed by atoms with Crippen molar-refractivity contribution in [3.8, 4) is 11.7 Å². The zero-order valence-electron chi connectivity index (χ0n) is 15.6. The molecule has 0 aliphatic rings. The van der Waals surface area contributed by atoms with Crippen molar-refractivity contribution in [3.63, 3.8) is 0 Å². The topological polar surface area (TPSA) is 102 Å². The number of benzene rings is 1. The monoisotopic (exact) mass is 367 g/mol. The number of aromatic amines is 1. The normalized spacial score (nSPS) is 11.9. The van der Waals surface area contributed by atoms with Gasteiger partial charge in [-0.2, -0.15) is 9.78 Å². The number of rotatable bonds is 5. The number of hydrogen-bond acceptors (Lipinski definition) is 5. The molecule has 140 valence electrons. The van der Waals surface area contributed by atoms with Crippen molar-refractivity contribution < 1.29 is 9.53 Å². The summed E-state index contributed by atoms with van der Waals surface area (Å²) in [4.78, 5) is 31.6. The summed E-state index contributed by atoms with van der Waals surface area (Å²) in [5.41, 5.74) is 1.56. The average molecular weight is 367 g/mol. The standard InChI is InChI=1S/C19H21N5O3/c1-11-10-16(21-18(26)14(4)27-15-8-6-5-7-9-15)24(23-11)19-20-13(3)12(2)17(25)22-19/h5-10,14H,1-4H3,(H,21,26)(H,20,22,25). The molecule has 0 saturated heterocycles. The van der Waals surface area contributed by atoms with E-state index < -0.39 is 6.10 Å². The second-order valence-corrected chi connectivity index (χ2v) is 6.25. The van der Waals surface area contributed by atoms with Crippen molar-refractivity contribution >= 4 is 11.7 Å². The summed E-state index contributed by atoms with van der Waals surface area (Å²) in [7, 11) is 0. The van der Waals surface area contributed by atoms with Crippen LogP contribution in [0.25, 0.3) is 5.95 Å². The third kappa shape index (κ3) is 4.05. The molecule has 1 amide bonds. The molecule has 3 aromatic rings. The highest BCUT2D eigenvalue weighted by Crippen LogP contribution is 2.16. The number of ether oxygens (including phenoxy) is 1. The number of para-hydroxylation sites is 1. The highest BCUT2D eigenvalue weighted by Gasteiger charge is 2.19. The summed E-state index contributed by atoms with van der Waals surface area (Å²) in [6.07, 6.45) is -0.720. The van der Waals surface area contributed by atoms with Gasteiger partial charge in [-0.25, -0.2) is 4.98 Å². The van der Waals surface area contributed by atoms with Crippen LogP contribution < -0.4 is 15.6 Å². The lowest BCUT2D eigenvalue weighted by Crippen LogP contribution is -2.31. The first-order valence-electron chi connectivity index (χ1n) is 8.52. The maximum atomic E-state index is 12.5. The van der Waals surface area contributed by atoms with Gasteiger partial charge in [0.2, 0.25) is 5.95 Å². The number of hydrogen-bond donors (Lipinski definition) is 2. The van der Waals surface area contributed by atoms with Crippen LogP contribution in [-0.4, -0.2) is 31.8 Å². The molecule has 2 heterocycles. The minimum absolute atomic E-state index is 0.239. The Balaban J connectivity index is 1.84. The van der Waals surface area contributed by atoms with Gasteiger partial charge in [-0.15, -0.1) is 0 Å². The van der Waals surface area contributed by atoms with Crippen LogP contribution in [0.3, 0.4) is 0 Å². The van der Waals surface area contributed by atoms with Gasteiger partial charge in [0.1, 0.15) is 11.6 Å². The Kier molecular flexibility index (Phi) is 5.07. The Morgan fingerprint density at radius 3 is 2.59 bits per heavy atom. The van der Waals surface area contributed by atoms with E-state index >= 15 is 0 Å². The first-order valence-corrected chi connectivity index (χ1v) is 8.52. The van der Waals surface area contributed by atoms with Crippen molar-refractivity contribution in [3.05, 3.63) is 63.7 Å². The molecule has 0 aliphatic carbocycles. The number of aryl methyl sites for hydroxylation is 2. The van der Waals surface area contributed by atoms with Crippen molar-refractivity contribution in [1.82, 2.24) is 19.7 Å². The maximum Gasteiger partial charge on any atom is 0.266 e. The molecular weight excluding hydrogens is 346 g/mol. The van der Waals surface area contributed by atoms with E-state index in [1.54, 1.807) is 45.9 Å². The first-order chi connectivity index (χ1) is 12.8. The molecule has 0 aliphatic heterocycles. The molecule has 8 heteroatoms. The second kappa shape index (κ2) is 7.45. The number of carbonyl (C=O) groups is 1. The Bertz CT molecular complexity index is 1020. The highest BCUT2D eigenvalue weighted by molar-refractivity contribution is 5.93. The van der Waals surface area contributed by atoms with Crippen molar-refractivity contribution in [2.75, 3.05) is 5.32 Å². The van der Waals surface area contributed by atoms with Crippen LogP contribution in [0.1, 0.15) is 23.9 Å². The quantitative estimate of drug-likeness (QED) is 0.720.